The normalized spacial score (nSPS) is 21.6. The molecule has 0 unspecified atom stereocenters. The highest BCUT2D eigenvalue weighted by Crippen LogP contribution is 2.25. The molecule has 5 nitrogen and oxygen atoms in total. The van der Waals surface area contributed by atoms with Crippen molar-refractivity contribution < 1.29 is 19.1 Å². The highest BCUT2D eigenvalue weighted by molar-refractivity contribution is 5.82. The Morgan fingerprint density at radius 1 is 1.25 bits per heavy atom. The quantitative estimate of drug-likeness (QED) is 0.796. The van der Waals surface area contributed by atoms with Crippen LogP contribution in [0.4, 0.5) is 4.79 Å². The zero-order valence-electron chi connectivity index (χ0n) is 11.7. The Morgan fingerprint density at radius 3 is 2.60 bits per heavy atom. The molecule has 5 heteroatoms. The third kappa shape index (κ3) is 3.10. The number of hydrogen-bond acceptors (Lipinski definition) is 4. The molecule has 1 amide bonds. The Kier molecular flexibility index (Phi) is 4.61. The molecular weight excluding hydrogens is 258 g/mol. The number of esters is 1. The molecular formula is C15H19NO4. The predicted molar refractivity (Wildman–Crippen MR) is 73.0 cm³/mol. The second-order valence-corrected chi connectivity index (χ2v) is 4.91. The van der Waals surface area contributed by atoms with Crippen LogP contribution in [0.1, 0.15) is 25.3 Å². The van der Waals surface area contributed by atoms with Crippen LogP contribution in [0.25, 0.3) is 0 Å². The smallest absolute Gasteiger partial charge is 0.410 e. The van der Waals surface area contributed by atoms with Crippen LogP contribution in [-0.2, 0) is 20.9 Å². The van der Waals surface area contributed by atoms with Crippen LogP contribution >= 0.6 is 0 Å². The Bertz CT molecular complexity index is 474. The van der Waals surface area contributed by atoms with E-state index >= 15 is 0 Å². The van der Waals surface area contributed by atoms with Crippen LogP contribution in [0, 0.1) is 0 Å². The summed E-state index contributed by atoms with van der Waals surface area (Å²) in [5, 5.41) is 0. The van der Waals surface area contributed by atoms with Crippen molar-refractivity contribution >= 4 is 12.1 Å². The van der Waals surface area contributed by atoms with Crippen molar-refractivity contribution in [1.29, 1.82) is 0 Å². The van der Waals surface area contributed by atoms with Gasteiger partial charge in [-0.25, -0.2) is 9.59 Å². The summed E-state index contributed by atoms with van der Waals surface area (Å²) in [6.07, 6.45) is 0.918. The minimum absolute atomic E-state index is 0.00303. The molecule has 1 fully saturated rings. The van der Waals surface area contributed by atoms with Gasteiger partial charge in [0.05, 0.1) is 7.11 Å². The molecule has 1 aromatic rings. The van der Waals surface area contributed by atoms with Crippen molar-refractivity contribution in [1.82, 2.24) is 4.90 Å². The van der Waals surface area contributed by atoms with Gasteiger partial charge in [0.15, 0.2) is 0 Å². The summed E-state index contributed by atoms with van der Waals surface area (Å²) in [7, 11) is 1.32. The number of likely N-dealkylation sites (tertiary alicyclic amines) is 1. The van der Waals surface area contributed by atoms with Gasteiger partial charge in [0.1, 0.15) is 12.6 Å². The van der Waals surface area contributed by atoms with E-state index in [1.807, 2.05) is 37.3 Å². The van der Waals surface area contributed by atoms with Crippen LogP contribution in [0.3, 0.4) is 0 Å². The van der Waals surface area contributed by atoms with Gasteiger partial charge in [-0.15, -0.1) is 0 Å². The SMILES string of the molecule is COC(=O)N1[C@@H](C)CC[C@H]1C(=O)OCc1ccccc1. The van der Waals surface area contributed by atoms with Gasteiger partial charge in [-0.2, -0.15) is 0 Å². The third-order valence-corrected chi connectivity index (χ3v) is 3.55. The average molecular weight is 277 g/mol. The van der Waals surface area contributed by atoms with E-state index in [9.17, 15) is 9.59 Å². The summed E-state index contributed by atoms with van der Waals surface area (Å²) in [5.74, 6) is -0.372. The number of amides is 1. The fourth-order valence-electron chi connectivity index (χ4n) is 2.45. The second kappa shape index (κ2) is 6.41. The molecule has 0 bridgehead atoms. The summed E-state index contributed by atoms with van der Waals surface area (Å²) in [5.41, 5.74) is 0.927. The third-order valence-electron chi connectivity index (χ3n) is 3.55. The molecule has 0 aliphatic carbocycles. The molecule has 108 valence electrons. The lowest BCUT2D eigenvalue weighted by molar-refractivity contribution is -0.150. The molecule has 1 heterocycles. The molecule has 2 rings (SSSR count). The molecule has 1 saturated heterocycles. The van der Waals surface area contributed by atoms with Crippen molar-refractivity contribution in [3.63, 3.8) is 0 Å². The van der Waals surface area contributed by atoms with Crippen molar-refractivity contribution in [3.05, 3.63) is 35.9 Å². The Morgan fingerprint density at radius 2 is 1.95 bits per heavy atom. The van der Waals surface area contributed by atoms with Gasteiger partial charge in [-0.1, -0.05) is 30.3 Å². The Balaban J connectivity index is 1.96. The van der Waals surface area contributed by atoms with Gasteiger partial charge in [-0.3, -0.25) is 4.90 Å². The fourth-order valence-corrected chi connectivity index (χ4v) is 2.45. The first kappa shape index (κ1) is 14.4. The largest absolute Gasteiger partial charge is 0.459 e. The zero-order chi connectivity index (χ0) is 14.5. The number of methoxy groups -OCH3 is 1. The second-order valence-electron chi connectivity index (χ2n) is 4.91. The Hall–Kier alpha value is -2.04. The summed E-state index contributed by atoms with van der Waals surface area (Å²) in [4.78, 5) is 25.3. The highest BCUT2D eigenvalue weighted by atomic mass is 16.6. The van der Waals surface area contributed by atoms with E-state index in [1.54, 1.807) is 0 Å². The Labute approximate surface area is 118 Å². The molecule has 0 spiro atoms. The van der Waals surface area contributed by atoms with Crippen LogP contribution in [0.5, 0.6) is 0 Å². The molecule has 2 atom stereocenters. The van der Waals surface area contributed by atoms with Crippen LogP contribution in [-0.4, -0.2) is 36.2 Å². The number of rotatable bonds is 3. The molecule has 1 aliphatic rings. The minimum Gasteiger partial charge on any atom is -0.459 e. The van der Waals surface area contributed by atoms with E-state index in [2.05, 4.69) is 0 Å². The van der Waals surface area contributed by atoms with E-state index in [0.29, 0.717) is 6.42 Å². The van der Waals surface area contributed by atoms with Gasteiger partial charge in [0.2, 0.25) is 0 Å². The highest BCUT2D eigenvalue weighted by Gasteiger charge is 2.40. The van der Waals surface area contributed by atoms with Crippen LogP contribution in [0.15, 0.2) is 30.3 Å². The van der Waals surface area contributed by atoms with Gasteiger partial charge >= 0.3 is 12.1 Å². The molecule has 0 N–H and O–H groups in total. The van der Waals surface area contributed by atoms with Crippen LogP contribution in [0.2, 0.25) is 0 Å². The zero-order valence-corrected chi connectivity index (χ0v) is 11.7. The number of ether oxygens (including phenoxy) is 2. The van der Waals surface area contributed by atoms with Crippen molar-refractivity contribution in [3.8, 4) is 0 Å². The first-order chi connectivity index (χ1) is 9.63. The molecule has 1 aromatic carbocycles. The van der Waals surface area contributed by atoms with Crippen LogP contribution < -0.4 is 0 Å². The molecule has 20 heavy (non-hydrogen) atoms. The van der Waals surface area contributed by atoms with Crippen molar-refractivity contribution in [2.24, 2.45) is 0 Å². The van der Waals surface area contributed by atoms with E-state index in [1.165, 1.54) is 12.0 Å². The maximum absolute atomic E-state index is 12.1. The van der Waals surface area contributed by atoms with E-state index < -0.39 is 12.1 Å². The maximum atomic E-state index is 12.1. The monoisotopic (exact) mass is 277 g/mol. The first-order valence-electron chi connectivity index (χ1n) is 6.70. The molecule has 0 radical (unpaired) electrons. The minimum atomic E-state index is -0.541. The van der Waals surface area contributed by atoms with Crippen molar-refractivity contribution in [2.75, 3.05) is 7.11 Å². The number of hydrogen-bond donors (Lipinski definition) is 0. The number of benzene rings is 1. The standard InChI is InChI=1S/C15H19NO4/c1-11-8-9-13(16(11)15(18)19-2)14(17)20-10-12-6-4-3-5-7-12/h3-7,11,13H,8-10H2,1-2H3/t11-,13-/m0/s1. The average Bonchev–Trinajstić information content (AvgIpc) is 2.87. The first-order valence-corrected chi connectivity index (χ1v) is 6.70. The van der Waals surface area contributed by atoms with Gasteiger partial charge in [0, 0.05) is 6.04 Å². The molecule has 0 aromatic heterocycles. The summed E-state index contributed by atoms with van der Waals surface area (Å²) in [6.45, 7) is 2.13. The van der Waals surface area contributed by atoms with E-state index in [4.69, 9.17) is 9.47 Å². The summed E-state index contributed by atoms with van der Waals surface area (Å²) in [6, 6.07) is 8.93. The topological polar surface area (TPSA) is 55.8 Å². The lowest BCUT2D eigenvalue weighted by Crippen LogP contribution is -2.44. The van der Waals surface area contributed by atoms with Gasteiger partial charge < -0.3 is 9.47 Å². The van der Waals surface area contributed by atoms with Gasteiger partial charge in [0.25, 0.3) is 0 Å². The molecule has 0 saturated carbocycles. The number of carbonyl (C=O) groups is 2. The maximum Gasteiger partial charge on any atom is 0.410 e. The summed E-state index contributed by atoms with van der Waals surface area (Å²) >= 11 is 0. The molecule has 1 aliphatic heterocycles. The number of nitrogens with zero attached hydrogens (tertiary/aromatic N) is 1. The summed E-state index contributed by atoms with van der Waals surface area (Å²) < 4.78 is 10.0. The lowest BCUT2D eigenvalue weighted by atomic mass is 10.2. The van der Waals surface area contributed by atoms with Crippen molar-refractivity contribution in [2.45, 2.75) is 38.5 Å². The lowest BCUT2D eigenvalue weighted by Gasteiger charge is -2.25. The number of carbonyl (C=O) groups excluding carboxylic acids is 2. The van der Waals surface area contributed by atoms with E-state index in [-0.39, 0.29) is 18.6 Å². The fraction of sp³-hybridized carbons (Fsp3) is 0.467. The van der Waals surface area contributed by atoms with Gasteiger partial charge in [-0.05, 0) is 25.3 Å². The predicted octanol–water partition coefficient (Wildman–Crippen LogP) is 2.35. The van der Waals surface area contributed by atoms with E-state index in [0.717, 1.165) is 12.0 Å².